The number of hydrogen-bond acceptors (Lipinski definition) is 2. The van der Waals surface area contributed by atoms with Crippen molar-refractivity contribution in [2.24, 2.45) is 5.92 Å². The lowest BCUT2D eigenvalue weighted by atomic mass is 9.89. The first-order valence-corrected chi connectivity index (χ1v) is 6.91. The van der Waals surface area contributed by atoms with E-state index in [2.05, 4.69) is 11.9 Å². The van der Waals surface area contributed by atoms with E-state index < -0.39 is 0 Å². The molecule has 1 heterocycles. The van der Waals surface area contributed by atoms with Crippen LogP contribution < -0.4 is 4.74 Å². The van der Waals surface area contributed by atoms with E-state index in [1.165, 1.54) is 12.8 Å². The highest BCUT2D eigenvalue weighted by Crippen LogP contribution is 2.27. The zero-order valence-corrected chi connectivity index (χ0v) is 11.3. The van der Waals surface area contributed by atoms with Crippen LogP contribution in [0.25, 0.3) is 0 Å². The summed E-state index contributed by atoms with van der Waals surface area (Å²) in [6.07, 6.45) is 5.21. The summed E-state index contributed by atoms with van der Waals surface area (Å²) in [5, 5.41) is 0. The number of rotatable bonds is 3. The van der Waals surface area contributed by atoms with E-state index in [0.717, 1.165) is 35.9 Å². The van der Waals surface area contributed by atoms with Crippen LogP contribution >= 0.6 is 11.6 Å². The maximum atomic E-state index is 5.98. The molecule has 1 fully saturated rings. The van der Waals surface area contributed by atoms with Gasteiger partial charge in [-0.25, -0.2) is 4.98 Å². The number of ether oxygens (including phenoxy) is 1. The molecule has 2 unspecified atom stereocenters. The van der Waals surface area contributed by atoms with Crippen molar-refractivity contribution in [3.63, 3.8) is 0 Å². The van der Waals surface area contributed by atoms with Crippen LogP contribution in [0, 0.1) is 12.8 Å². The first kappa shape index (κ1) is 12.7. The minimum Gasteiger partial charge on any atom is -0.474 e. The van der Waals surface area contributed by atoms with Crippen LogP contribution in [0.4, 0.5) is 0 Å². The largest absolute Gasteiger partial charge is 0.474 e. The summed E-state index contributed by atoms with van der Waals surface area (Å²) in [6.45, 7) is 4.27. The zero-order valence-electron chi connectivity index (χ0n) is 10.6. The fraction of sp³-hybridized carbons (Fsp3) is 0.643. The van der Waals surface area contributed by atoms with Gasteiger partial charge in [0.2, 0.25) is 5.88 Å². The molecule has 17 heavy (non-hydrogen) atoms. The molecule has 0 bridgehead atoms. The molecular formula is C14H20ClNO. The third kappa shape index (κ3) is 3.60. The highest BCUT2D eigenvalue weighted by atomic mass is 35.5. The number of hydrogen-bond donors (Lipinski definition) is 0. The maximum Gasteiger partial charge on any atom is 0.214 e. The molecule has 0 saturated heterocycles. The normalized spacial score (nSPS) is 24.6. The number of pyridine rings is 1. The van der Waals surface area contributed by atoms with E-state index >= 15 is 0 Å². The minimum absolute atomic E-state index is 0.330. The molecule has 2 atom stereocenters. The smallest absolute Gasteiger partial charge is 0.214 e. The van der Waals surface area contributed by atoms with Crippen molar-refractivity contribution in [3.8, 4) is 5.88 Å². The molecule has 1 aliphatic carbocycles. The number of nitrogens with zero attached hydrogens (tertiary/aromatic N) is 1. The van der Waals surface area contributed by atoms with Gasteiger partial charge in [-0.15, -0.1) is 11.6 Å². The summed E-state index contributed by atoms with van der Waals surface area (Å²) in [5.41, 5.74) is 2.06. The summed E-state index contributed by atoms with van der Waals surface area (Å²) in [4.78, 5) is 4.42. The van der Waals surface area contributed by atoms with E-state index in [1.807, 2.05) is 19.1 Å². The van der Waals surface area contributed by atoms with E-state index in [9.17, 15) is 0 Å². The molecular weight excluding hydrogens is 234 g/mol. The summed E-state index contributed by atoms with van der Waals surface area (Å²) >= 11 is 5.85. The van der Waals surface area contributed by atoms with Crippen LogP contribution in [-0.4, -0.2) is 11.1 Å². The van der Waals surface area contributed by atoms with Crippen LogP contribution in [0.3, 0.4) is 0 Å². The van der Waals surface area contributed by atoms with Crippen molar-refractivity contribution in [2.75, 3.05) is 0 Å². The Morgan fingerprint density at radius 2 is 2.24 bits per heavy atom. The second kappa shape index (κ2) is 5.72. The average molecular weight is 254 g/mol. The Kier molecular flexibility index (Phi) is 4.27. The first-order chi connectivity index (χ1) is 8.17. The van der Waals surface area contributed by atoms with Crippen molar-refractivity contribution >= 4 is 11.6 Å². The van der Waals surface area contributed by atoms with E-state index in [4.69, 9.17) is 16.3 Å². The Balaban J connectivity index is 2.04. The number of alkyl halides is 1. The number of aryl methyl sites for hydroxylation is 1. The molecule has 1 aromatic rings. The zero-order chi connectivity index (χ0) is 12.3. The predicted octanol–water partition coefficient (Wildman–Crippen LogP) is 4.09. The molecule has 0 aliphatic heterocycles. The summed E-state index contributed by atoms with van der Waals surface area (Å²) in [7, 11) is 0. The van der Waals surface area contributed by atoms with Crippen molar-refractivity contribution in [1.82, 2.24) is 4.98 Å². The van der Waals surface area contributed by atoms with Gasteiger partial charge in [-0.2, -0.15) is 0 Å². The van der Waals surface area contributed by atoms with Crippen LogP contribution in [-0.2, 0) is 5.88 Å². The monoisotopic (exact) mass is 253 g/mol. The Morgan fingerprint density at radius 3 is 2.94 bits per heavy atom. The van der Waals surface area contributed by atoms with Gasteiger partial charge in [0.15, 0.2) is 0 Å². The van der Waals surface area contributed by atoms with Crippen LogP contribution in [0.2, 0.25) is 0 Å². The number of halogens is 1. The fourth-order valence-electron chi connectivity index (χ4n) is 2.50. The van der Waals surface area contributed by atoms with Crippen molar-refractivity contribution in [2.45, 2.75) is 51.5 Å². The van der Waals surface area contributed by atoms with Gasteiger partial charge < -0.3 is 4.74 Å². The molecule has 94 valence electrons. The SMILES string of the molecule is Cc1cc(CCl)cc(OC2CCCC(C)C2)n1. The molecule has 2 rings (SSSR count). The van der Waals surface area contributed by atoms with E-state index in [-0.39, 0.29) is 0 Å². The third-order valence-electron chi connectivity index (χ3n) is 3.32. The summed E-state index contributed by atoms with van der Waals surface area (Å²) < 4.78 is 5.98. The van der Waals surface area contributed by atoms with Crippen LogP contribution in [0.15, 0.2) is 12.1 Å². The molecule has 0 spiro atoms. The van der Waals surface area contributed by atoms with E-state index in [1.54, 1.807) is 0 Å². The Morgan fingerprint density at radius 1 is 1.41 bits per heavy atom. The molecule has 0 N–H and O–H groups in total. The molecule has 2 nitrogen and oxygen atoms in total. The third-order valence-corrected chi connectivity index (χ3v) is 3.63. The van der Waals surface area contributed by atoms with Gasteiger partial charge in [-0.05, 0) is 43.7 Å². The molecule has 1 aliphatic rings. The Labute approximate surface area is 108 Å². The Hall–Kier alpha value is -0.760. The van der Waals surface area contributed by atoms with Gasteiger partial charge >= 0.3 is 0 Å². The summed E-state index contributed by atoms with van der Waals surface area (Å²) in [5.74, 6) is 2.02. The number of aromatic nitrogens is 1. The topological polar surface area (TPSA) is 22.1 Å². The molecule has 3 heteroatoms. The molecule has 0 amide bonds. The lowest BCUT2D eigenvalue weighted by Gasteiger charge is -2.27. The Bertz CT molecular complexity index is 380. The lowest BCUT2D eigenvalue weighted by molar-refractivity contribution is 0.123. The highest BCUT2D eigenvalue weighted by molar-refractivity contribution is 6.17. The second-order valence-electron chi connectivity index (χ2n) is 5.10. The van der Waals surface area contributed by atoms with Gasteiger partial charge in [-0.3, -0.25) is 0 Å². The minimum atomic E-state index is 0.330. The predicted molar refractivity (Wildman–Crippen MR) is 70.6 cm³/mol. The van der Waals surface area contributed by atoms with Gasteiger partial charge in [-0.1, -0.05) is 13.3 Å². The first-order valence-electron chi connectivity index (χ1n) is 6.37. The molecule has 0 radical (unpaired) electrons. The molecule has 0 aromatic carbocycles. The van der Waals surface area contributed by atoms with E-state index in [0.29, 0.717) is 12.0 Å². The maximum absolute atomic E-state index is 5.98. The van der Waals surface area contributed by atoms with Crippen LogP contribution in [0.5, 0.6) is 5.88 Å². The van der Waals surface area contributed by atoms with Crippen molar-refractivity contribution in [3.05, 3.63) is 23.4 Å². The van der Waals surface area contributed by atoms with Gasteiger partial charge in [0.25, 0.3) is 0 Å². The average Bonchev–Trinajstić information content (AvgIpc) is 2.28. The van der Waals surface area contributed by atoms with Crippen LogP contribution in [0.1, 0.15) is 43.9 Å². The van der Waals surface area contributed by atoms with Gasteiger partial charge in [0.1, 0.15) is 6.10 Å². The van der Waals surface area contributed by atoms with Crippen molar-refractivity contribution < 1.29 is 4.74 Å². The van der Waals surface area contributed by atoms with Crippen molar-refractivity contribution in [1.29, 1.82) is 0 Å². The summed E-state index contributed by atoms with van der Waals surface area (Å²) in [6, 6.07) is 3.96. The van der Waals surface area contributed by atoms with Gasteiger partial charge in [0.05, 0.1) is 0 Å². The molecule has 1 aromatic heterocycles. The second-order valence-corrected chi connectivity index (χ2v) is 5.37. The standard InChI is InChI=1S/C14H20ClNO/c1-10-4-3-5-13(6-10)17-14-8-12(9-15)7-11(2)16-14/h7-8,10,13H,3-6,9H2,1-2H3. The highest BCUT2D eigenvalue weighted by Gasteiger charge is 2.20. The van der Waals surface area contributed by atoms with Gasteiger partial charge in [0, 0.05) is 17.6 Å². The lowest BCUT2D eigenvalue weighted by Crippen LogP contribution is -2.24. The quantitative estimate of drug-likeness (QED) is 0.757. The fourth-order valence-corrected chi connectivity index (χ4v) is 2.66. The molecule has 1 saturated carbocycles.